The maximum absolute atomic E-state index is 13.3. The summed E-state index contributed by atoms with van der Waals surface area (Å²) in [5, 5.41) is 3.89. The van der Waals surface area contributed by atoms with E-state index in [1.54, 1.807) is 33.5 Å². The number of carbonyl (C=O) groups is 1. The summed E-state index contributed by atoms with van der Waals surface area (Å²) in [6, 6.07) is 31.6. The van der Waals surface area contributed by atoms with Crippen LogP contribution in [0.25, 0.3) is 6.08 Å². The first kappa shape index (κ1) is 31.2. The first-order chi connectivity index (χ1) is 18.9. The smallest absolute Gasteiger partial charge is 0.337 e. The number of ether oxygens (including phenoxy) is 4. The SMILES string of the molecule is COC(=O)/C(=C/c1ccc(Cl)cc1)C[P+](c1ccc(OC)cc1)(c1ccc(OC)cc1)c1ccc(OC)cc1.[Br-]. The summed E-state index contributed by atoms with van der Waals surface area (Å²) in [5.41, 5.74) is 1.41. The molecular weight excluding hydrogens is 611 g/mol. The molecule has 4 aromatic rings. The van der Waals surface area contributed by atoms with Gasteiger partial charge in [-0.25, -0.2) is 4.79 Å². The van der Waals surface area contributed by atoms with Crippen molar-refractivity contribution in [2.75, 3.05) is 34.6 Å². The third-order valence-electron chi connectivity index (χ3n) is 6.61. The number of benzene rings is 4. The van der Waals surface area contributed by atoms with Crippen LogP contribution in [0.4, 0.5) is 0 Å². The molecule has 4 rings (SSSR count). The normalized spacial score (nSPS) is 11.3. The Hall–Kier alpha value is -3.31. The van der Waals surface area contributed by atoms with Gasteiger partial charge in [-0.05, 0) is 96.6 Å². The van der Waals surface area contributed by atoms with Gasteiger partial charge in [0.15, 0.2) is 0 Å². The zero-order valence-corrected chi connectivity index (χ0v) is 26.0. The molecule has 0 aliphatic carbocycles. The number of hydrogen-bond acceptors (Lipinski definition) is 5. The molecule has 0 amide bonds. The van der Waals surface area contributed by atoms with E-state index in [4.69, 9.17) is 30.5 Å². The third kappa shape index (κ3) is 6.87. The molecule has 0 N–H and O–H groups in total. The van der Waals surface area contributed by atoms with Gasteiger partial charge in [0.1, 0.15) is 46.6 Å². The van der Waals surface area contributed by atoms with Crippen molar-refractivity contribution in [3.05, 3.63) is 113 Å². The van der Waals surface area contributed by atoms with Crippen LogP contribution in [-0.2, 0) is 9.53 Å². The number of esters is 1. The lowest BCUT2D eigenvalue weighted by Gasteiger charge is -2.28. The fourth-order valence-corrected chi connectivity index (χ4v) is 8.82. The second-order valence-corrected chi connectivity index (χ2v) is 12.7. The van der Waals surface area contributed by atoms with Crippen molar-refractivity contribution in [3.8, 4) is 17.2 Å². The molecule has 5 nitrogen and oxygen atoms in total. The van der Waals surface area contributed by atoms with Gasteiger partial charge in [0.05, 0.1) is 34.0 Å². The van der Waals surface area contributed by atoms with Crippen LogP contribution in [0.5, 0.6) is 17.2 Å². The van der Waals surface area contributed by atoms with Crippen LogP contribution in [0, 0.1) is 0 Å². The van der Waals surface area contributed by atoms with Crippen LogP contribution in [0.1, 0.15) is 5.56 Å². The molecule has 0 bridgehead atoms. The zero-order chi connectivity index (χ0) is 27.8. The Balaban J connectivity index is 0.00000441. The number of rotatable bonds is 10. The Bertz CT molecular complexity index is 1300. The van der Waals surface area contributed by atoms with Gasteiger partial charge < -0.3 is 35.9 Å². The van der Waals surface area contributed by atoms with Crippen molar-refractivity contribution in [1.82, 2.24) is 0 Å². The third-order valence-corrected chi connectivity index (χ3v) is 11.2. The highest BCUT2D eigenvalue weighted by Crippen LogP contribution is 2.57. The molecule has 0 heterocycles. The highest BCUT2D eigenvalue weighted by atomic mass is 79.9. The summed E-state index contributed by atoms with van der Waals surface area (Å²) in [4.78, 5) is 13.3. The zero-order valence-electron chi connectivity index (χ0n) is 22.8. The molecule has 0 unspecified atom stereocenters. The topological polar surface area (TPSA) is 54.0 Å². The Morgan fingerprint density at radius 3 is 1.35 bits per heavy atom. The first-order valence-corrected chi connectivity index (χ1v) is 14.6. The van der Waals surface area contributed by atoms with Crippen molar-refractivity contribution in [3.63, 3.8) is 0 Å². The van der Waals surface area contributed by atoms with Crippen molar-refractivity contribution in [2.24, 2.45) is 0 Å². The van der Waals surface area contributed by atoms with Crippen LogP contribution in [0.2, 0.25) is 5.02 Å². The van der Waals surface area contributed by atoms with E-state index in [0.717, 1.165) is 38.7 Å². The highest BCUT2D eigenvalue weighted by Gasteiger charge is 2.47. The van der Waals surface area contributed by atoms with Gasteiger partial charge in [-0.1, -0.05) is 23.7 Å². The summed E-state index contributed by atoms with van der Waals surface area (Å²) >= 11 is 6.12. The average molecular weight is 642 g/mol. The fraction of sp³-hybridized carbons (Fsp3) is 0.156. The minimum atomic E-state index is -2.48. The van der Waals surface area contributed by atoms with Gasteiger partial charge >= 0.3 is 5.97 Å². The molecular formula is C32H31BrClO5P. The molecule has 0 spiro atoms. The van der Waals surface area contributed by atoms with Crippen LogP contribution in [0.3, 0.4) is 0 Å². The molecule has 0 atom stereocenters. The van der Waals surface area contributed by atoms with Crippen LogP contribution in [0.15, 0.2) is 103 Å². The molecule has 0 fully saturated rings. The van der Waals surface area contributed by atoms with E-state index in [-0.39, 0.29) is 23.0 Å². The molecule has 0 radical (unpaired) electrons. The summed E-state index contributed by atoms with van der Waals surface area (Å²) in [5.74, 6) is 1.88. The number of hydrogen-bond donors (Lipinski definition) is 0. The predicted octanol–water partition coefficient (Wildman–Crippen LogP) is 2.92. The largest absolute Gasteiger partial charge is 1.00 e. The molecule has 8 heteroatoms. The summed E-state index contributed by atoms with van der Waals surface area (Å²) in [6.07, 6.45) is 2.31. The monoisotopic (exact) mass is 640 g/mol. The molecule has 0 aliphatic rings. The van der Waals surface area contributed by atoms with Gasteiger partial charge in [0.2, 0.25) is 0 Å². The average Bonchev–Trinajstić information content (AvgIpc) is 3.00. The standard InChI is InChI=1S/C32H31ClO5P.BrH/c1-35-26-9-15-29(16-10-26)39(30-17-11-27(36-2)12-18-30,31-19-13-28(37-3)14-20-31)22-24(32(34)38-4)21-23-5-7-25(33)8-6-23;/h5-21H,22H2,1-4H3;1H/q+1;/p-1/b24-21+;. The lowest BCUT2D eigenvalue weighted by atomic mass is 10.1. The molecule has 0 saturated carbocycles. The van der Waals surface area contributed by atoms with Crippen molar-refractivity contribution in [2.45, 2.75) is 0 Å². The van der Waals surface area contributed by atoms with E-state index < -0.39 is 7.26 Å². The maximum Gasteiger partial charge on any atom is 0.337 e. The van der Waals surface area contributed by atoms with Gasteiger partial charge in [-0.15, -0.1) is 0 Å². The number of carbonyl (C=O) groups excluding carboxylic acids is 1. The van der Waals surface area contributed by atoms with Gasteiger partial charge in [0.25, 0.3) is 0 Å². The van der Waals surface area contributed by atoms with Crippen molar-refractivity contribution < 1.29 is 40.7 Å². The fourth-order valence-electron chi connectivity index (χ4n) is 4.55. The minimum absolute atomic E-state index is 0. The second kappa shape index (κ2) is 14.4. The summed E-state index contributed by atoms with van der Waals surface area (Å²) in [7, 11) is 3.88. The van der Waals surface area contributed by atoms with Crippen LogP contribution < -0.4 is 47.1 Å². The van der Waals surface area contributed by atoms with Gasteiger partial charge in [0, 0.05) is 5.02 Å². The lowest BCUT2D eigenvalue weighted by molar-refractivity contribution is -0.135. The lowest BCUT2D eigenvalue weighted by Crippen LogP contribution is -3.00. The van der Waals surface area contributed by atoms with E-state index in [1.165, 1.54) is 7.11 Å². The van der Waals surface area contributed by atoms with E-state index in [0.29, 0.717) is 16.8 Å². The molecule has 0 aliphatic heterocycles. The van der Waals surface area contributed by atoms with E-state index in [9.17, 15) is 4.79 Å². The van der Waals surface area contributed by atoms with E-state index in [1.807, 2.05) is 54.6 Å². The van der Waals surface area contributed by atoms with Crippen molar-refractivity contribution >= 4 is 46.8 Å². The Labute approximate surface area is 251 Å². The number of halogens is 2. The molecule has 0 aromatic heterocycles. The molecule has 0 saturated heterocycles. The van der Waals surface area contributed by atoms with E-state index >= 15 is 0 Å². The molecule has 4 aromatic carbocycles. The Kier molecular flexibility index (Phi) is 11.2. The van der Waals surface area contributed by atoms with Crippen LogP contribution >= 0.6 is 18.9 Å². The summed E-state index contributed by atoms with van der Waals surface area (Å²) in [6.45, 7) is 0. The Morgan fingerprint density at radius 1 is 0.650 bits per heavy atom. The molecule has 208 valence electrons. The van der Waals surface area contributed by atoms with Gasteiger partial charge in [-0.2, -0.15) is 0 Å². The van der Waals surface area contributed by atoms with E-state index in [2.05, 4.69) is 36.4 Å². The summed E-state index contributed by atoms with van der Waals surface area (Å²) < 4.78 is 21.7. The van der Waals surface area contributed by atoms with Crippen molar-refractivity contribution in [1.29, 1.82) is 0 Å². The first-order valence-electron chi connectivity index (χ1n) is 12.3. The minimum Gasteiger partial charge on any atom is -1.00 e. The van der Waals surface area contributed by atoms with Gasteiger partial charge in [-0.3, -0.25) is 0 Å². The maximum atomic E-state index is 13.3. The Morgan fingerprint density at radius 2 is 1.02 bits per heavy atom. The highest BCUT2D eigenvalue weighted by molar-refractivity contribution is 7.95. The number of methoxy groups -OCH3 is 4. The molecule has 40 heavy (non-hydrogen) atoms. The quantitative estimate of drug-likeness (QED) is 0.152. The second-order valence-electron chi connectivity index (χ2n) is 8.77. The predicted molar refractivity (Wildman–Crippen MR) is 161 cm³/mol. The van der Waals surface area contributed by atoms with Crippen LogP contribution in [-0.4, -0.2) is 40.6 Å².